The van der Waals surface area contributed by atoms with Crippen molar-refractivity contribution in [2.24, 2.45) is 0 Å². The zero-order valence-electron chi connectivity index (χ0n) is 12.9. The van der Waals surface area contributed by atoms with Gasteiger partial charge in [-0.05, 0) is 43.5 Å². The summed E-state index contributed by atoms with van der Waals surface area (Å²) in [4.78, 5) is 11.0. The quantitative estimate of drug-likeness (QED) is 0.663. The molecule has 3 nitrogen and oxygen atoms in total. The molecule has 0 aliphatic heterocycles. The monoisotopic (exact) mass is 278 g/mol. The van der Waals surface area contributed by atoms with E-state index in [9.17, 15) is 4.79 Å². The topological polar surface area (TPSA) is 46.5 Å². The van der Waals surface area contributed by atoms with E-state index in [0.29, 0.717) is 12.2 Å². The highest BCUT2D eigenvalue weighted by atomic mass is 16.5. The fourth-order valence-corrected chi connectivity index (χ4v) is 2.24. The van der Waals surface area contributed by atoms with Gasteiger partial charge in [-0.2, -0.15) is 0 Å². The first-order chi connectivity index (χ1) is 9.56. The van der Waals surface area contributed by atoms with E-state index in [-0.39, 0.29) is 0 Å². The first-order valence-electron chi connectivity index (χ1n) is 7.53. The van der Waals surface area contributed by atoms with Crippen molar-refractivity contribution in [2.75, 3.05) is 6.61 Å². The summed E-state index contributed by atoms with van der Waals surface area (Å²) in [6.07, 6.45) is 7.42. The molecule has 0 spiro atoms. The molecule has 0 saturated heterocycles. The average Bonchev–Trinajstić information content (AvgIpc) is 2.40. The van der Waals surface area contributed by atoms with Crippen LogP contribution in [0.4, 0.5) is 0 Å². The Bertz CT molecular complexity index is 438. The predicted molar refractivity (Wildman–Crippen MR) is 81.7 cm³/mol. The van der Waals surface area contributed by atoms with Gasteiger partial charge in [-0.3, -0.25) is 0 Å². The molecular formula is C17H26O3. The van der Waals surface area contributed by atoms with Gasteiger partial charge >= 0.3 is 5.97 Å². The molecule has 0 aromatic heterocycles. The van der Waals surface area contributed by atoms with Gasteiger partial charge in [-0.1, -0.05) is 39.0 Å². The summed E-state index contributed by atoms with van der Waals surface area (Å²) >= 11 is 0. The van der Waals surface area contributed by atoms with Crippen molar-refractivity contribution >= 4 is 5.97 Å². The van der Waals surface area contributed by atoms with Crippen LogP contribution in [0.2, 0.25) is 0 Å². The molecule has 0 amide bonds. The van der Waals surface area contributed by atoms with Gasteiger partial charge in [-0.15, -0.1) is 0 Å². The molecule has 0 fully saturated rings. The Morgan fingerprint density at radius 3 is 2.35 bits per heavy atom. The summed E-state index contributed by atoms with van der Waals surface area (Å²) in [5.74, 6) is -0.0749. The summed E-state index contributed by atoms with van der Waals surface area (Å²) in [5, 5.41) is 9.06. The number of rotatable bonds is 9. The first-order valence-corrected chi connectivity index (χ1v) is 7.53. The molecule has 0 heterocycles. The molecule has 112 valence electrons. The average molecular weight is 278 g/mol. The molecule has 0 saturated carbocycles. The Kier molecular flexibility index (Phi) is 7.13. The van der Waals surface area contributed by atoms with E-state index in [1.54, 1.807) is 13.0 Å². The van der Waals surface area contributed by atoms with E-state index in [1.807, 2.05) is 13.0 Å². The van der Waals surface area contributed by atoms with E-state index >= 15 is 0 Å². The van der Waals surface area contributed by atoms with Crippen molar-refractivity contribution in [1.82, 2.24) is 0 Å². The van der Waals surface area contributed by atoms with Crippen molar-refractivity contribution in [2.45, 2.75) is 59.3 Å². The minimum Gasteiger partial charge on any atom is -0.493 e. The molecule has 0 aliphatic rings. The summed E-state index contributed by atoms with van der Waals surface area (Å²) < 4.78 is 5.77. The van der Waals surface area contributed by atoms with Crippen LogP contribution in [0.1, 0.15) is 66.9 Å². The molecule has 1 N–H and O–H groups in total. The highest BCUT2D eigenvalue weighted by molar-refractivity contribution is 5.89. The lowest BCUT2D eigenvalue weighted by atomic mass is 10.0. The number of hydrogen-bond acceptors (Lipinski definition) is 2. The van der Waals surface area contributed by atoms with Gasteiger partial charge < -0.3 is 9.84 Å². The molecule has 0 bridgehead atoms. The van der Waals surface area contributed by atoms with Crippen molar-refractivity contribution < 1.29 is 14.6 Å². The van der Waals surface area contributed by atoms with E-state index in [2.05, 4.69) is 6.92 Å². The van der Waals surface area contributed by atoms with E-state index in [4.69, 9.17) is 9.84 Å². The lowest BCUT2D eigenvalue weighted by Crippen LogP contribution is -2.04. The van der Waals surface area contributed by atoms with Gasteiger partial charge in [0.15, 0.2) is 0 Å². The number of aromatic carboxylic acids is 1. The Labute approximate surface area is 122 Å². The summed E-state index contributed by atoms with van der Waals surface area (Å²) in [6, 6.07) is 3.52. The number of unbranched alkanes of at least 4 members (excludes halogenated alkanes) is 5. The van der Waals surface area contributed by atoms with Crippen molar-refractivity contribution in [1.29, 1.82) is 0 Å². The van der Waals surface area contributed by atoms with Crippen LogP contribution in [-0.4, -0.2) is 17.7 Å². The Morgan fingerprint density at radius 1 is 1.05 bits per heavy atom. The number of carbonyl (C=O) groups is 1. The number of benzene rings is 1. The predicted octanol–water partition coefficient (Wildman–Crippen LogP) is 4.74. The van der Waals surface area contributed by atoms with E-state index in [1.165, 1.54) is 32.1 Å². The molecule has 0 radical (unpaired) electrons. The minimum absolute atomic E-state index is 0.356. The van der Waals surface area contributed by atoms with Crippen molar-refractivity contribution in [3.05, 3.63) is 28.8 Å². The zero-order valence-corrected chi connectivity index (χ0v) is 12.9. The van der Waals surface area contributed by atoms with Crippen LogP contribution in [-0.2, 0) is 0 Å². The Balaban J connectivity index is 2.41. The number of aryl methyl sites for hydroxylation is 2. The number of carboxylic acids is 1. The smallest absolute Gasteiger partial charge is 0.335 e. The Morgan fingerprint density at radius 2 is 1.70 bits per heavy atom. The molecule has 20 heavy (non-hydrogen) atoms. The van der Waals surface area contributed by atoms with Gasteiger partial charge in [0.2, 0.25) is 0 Å². The Hall–Kier alpha value is -1.51. The molecule has 0 aliphatic carbocycles. The number of carboxylic acid groups (broad SMARTS) is 1. The third-order valence-electron chi connectivity index (χ3n) is 3.51. The highest BCUT2D eigenvalue weighted by Gasteiger charge is 2.10. The normalized spacial score (nSPS) is 10.6. The fourth-order valence-electron chi connectivity index (χ4n) is 2.24. The highest BCUT2D eigenvalue weighted by Crippen LogP contribution is 2.23. The van der Waals surface area contributed by atoms with Crippen LogP contribution in [0.5, 0.6) is 5.75 Å². The molecular weight excluding hydrogens is 252 g/mol. The van der Waals surface area contributed by atoms with Crippen LogP contribution < -0.4 is 4.74 Å². The standard InChI is InChI=1S/C17H26O3/c1-4-5-6-7-8-9-10-20-16-12-13(2)15(17(18)19)11-14(16)3/h11-12H,4-10H2,1-3H3,(H,18,19). The van der Waals surface area contributed by atoms with Crippen LogP contribution in [0.15, 0.2) is 12.1 Å². The van der Waals surface area contributed by atoms with Gasteiger partial charge in [0.25, 0.3) is 0 Å². The second-order valence-electron chi connectivity index (χ2n) is 5.35. The van der Waals surface area contributed by atoms with Crippen LogP contribution >= 0.6 is 0 Å². The zero-order chi connectivity index (χ0) is 15.0. The van der Waals surface area contributed by atoms with Crippen LogP contribution in [0.25, 0.3) is 0 Å². The lowest BCUT2D eigenvalue weighted by molar-refractivity contribution is 0.0696. The number of ether oxygens (including phenoxy) is 1. The largest absolute Gasteiger partial charge is 0.493 e. The molecule has 0 atom stereocenters. The third-order valence-corrected chi connectivity index (χ3v) is 3.51. The lowest BCUT2D eigenvalue weighted by Gasteiger charge is -2.11. The van der Waals surface area contributed by atoms with Gasteiger partial charge in [0.1, 0.15) is 5.75 Å². The maximum Gasteiger partial charge on any atom is 0.335 e. The maximum absolute atomic E-state index is 11.0. The fraction of sp³-hybridized carbons (Fsp3) is 0.588. The molecule has 0 unspecified atom stereocenters. The number of hydrogen-bond donors (Lipinski definition) is 1. The third kappa shape index (κ3) is 5.24. The molecule has 3 heteroatoms. The van der Waals surface area contributed by atoms with Gasteiger partial charge in [0.05, 0.1) is 12.2 Å². The van der Waals surface area contributed by atoms with Crippen molar-refractivity contribution in [3.63, 3.8) is 0 Å². The summed E-state index contributed by atoms with van der Waals surface area (Å²) in [6.45, 7) is 6.62. The van der Waals surface area contributed by atoms with Crippen LogP contribution in [0.3, 0.4) is 0 Å². The van der Waals surface area contributed by atoms with E-state index in [0.717, 1.165) is 23.3 Å². The van der Waals surface area contributed by atoms with Gasteiger partial charge in [0, 0.05) is 0 Å². The molecule has 1 rings (SSSR count). The molecule has 1 aromatic carbocycles. The van der Waals surface area contributed by atoms with Crippen molar-refractivity contribution in [3.8, 4) is 5.75 Å². The second kappa shape index (κ2) is 8.62. The molecule has 1 aromatic rings. The maximum atomic E-state index is 11.0. The van der Waals surface area contributed by atoms with Gasteiger partial charge in [-0.25, -0.2) is 4.79 Å². The second-order valence-corrected chi connectivity index (χ2v) is 5.35. The SMILES string of the molecule is CCCCCCCCOc1cc(C)c(C(=O)O)cc1C. The van der Waals surface area contributed by atoms with Crippen LogP contribution in [0, 0.1) is 13.8 Å². The summed E-state index contributed by atoms with van der Waals surface area (Å²) in [5.41, 5.74) is 1.99. The first kappa shape index (κ1) is 16.5. The minimum atomic E-state index is -0.881. The summed E-state index contributed by atoms with van der Waals surface area (Å²) in [7, 11) is 0. The van der Waals surface area contributed by atoms with E-state index < -0.39 is 5.97 Å².